The lowest BCUT2D eigenvalue weighted by molar-refractivity contribution is 0.0755. The Kier molecular flexibility index (Phi) is 10.7. The molecule has 224 valence electrons. The largest absolute Gasteiger partial charge is 0.490 e. The molecule has 3 aromatic rings. The molecule has 1 amide bonds. The zero-order valence-electron chi connectivity index (χ0n) is 24.7. The van der Waals surface area contributed by atoms with Crippen LogP contribution >= 0.6 is 0 Å². The maximum atomic E-state index is 11.4. The Morgan fingerprint density at radius 2 is 1.83 bits per heavy atom. The monoisotopic (exact) mass is 575 g/mol. The van der Waals surface area contributed by atoms with E-state index in [1.165, 1.54) is 16.0 Å². The molecule has 1 aliphatic rings. The van der Waals surface area contributed by atoms with Crippen LogP contribution in [0.3, 0.4) is 0 Å². The van der Waals surface area contributed by atoms with Crippen molar-refractivity contribution < 1.29 is 24.1 Å². The second-order valence-corrected chi connectivity index (χ2v) is 11.0. The Morgan fingerprint density at radius 3 is 2.55 bits per heavy atom. The summed E-state index contributed by atoms with van der Waals surface area (Å²) in [5.41, 5.74) is 5.06. The first kappa shape index (κ1) is 30.8. The third kappa shape index (κ3) is 8.67. The zero-order chi connectivity index (χ0) is 30.0. The van der Waals surface area contributed by atoms with Gasteiger partial charge in [0.05, 0.1) is 31.3 Å². The minimum atomic E-state index is -0.866. The molecule has 4 rings (SSSR count). The molecule has 2 N–H and O–H groups in total. The van der Waals surface area contributed by atoms with Gasteiger partial charge >= 0.3 is 12.1 Å². The number of ether oxygens (including phenoxy) is 3. The third-order valence-corrected chi connectivity index (χ3v) is 7.19. The summed E-state index contributed by atoms with van der Waals surface area (Å²) in [5, 5.41) is 12.6. The molecule has 0 fully saturated rings. The number of amides is 1. The molecule has 1 aromatic heterocycles. The van der Waals surface area contributed by atoms with E-state index in [-0.39, 0.29) is 5.41 Å². The van der Waals surface area contributed by atoms with Crippen LogP contribution in [0, 0.1) is 0 Å². The summed E-state index contributed by atoms with van der Waals surface area (Å²) in [6.45, 7) is 12.6. The fraction of sp³-hybridized carbons (Fsp3) is 0.406. The molecule has 0 bridgehead atoms. The predicted molar refractivity (Wildman–Crippen MR) is 163 cm³/mol. The lowest BCUT2D eigenvalue weighted by Gasteiger charge is -2.33. The first-order valence-electron chi connectivity index (χ1n) is 14.2. The molecule has 0 unspecified atom stereocenters. The van der Waals surface area contributed by atoms with Gasteiger partial charge in [0.25, 0.3) is 0 Å². The van der Waals surface area contributed by atoms with Crippen molar-refractivity contribution in [2.24, 2.45) is 0 Å². The van der Waals surface area contributed by atoms with Gasteiger partial charge in [-0.2, -0.15) is 0 Å². The molecule has 2 heterocycles. The molecule has 0 aliphatic carbocycles. The number of carboxylic acid groups (broad SMARTS) is 1. The Morgan fingerprint density at radius 1 is 1.10 bits per heavy atom. The highest BCUT2D eigenvalue weighted by Gasteiger charge is 2.29. The van der Waals surface area contributed by atoms with Crippen molar-refractivity contribution in [3.8, 4) is 11.8 Å². The summed E-state index contributed by atoms with van der Waals surface area (Å²) >= 11 is 0. The van der Waals surface area contributed by atoms with Crippen molar-refractivity contribution in [1.29, 1.82) is 0 Å². The molecular weight excluding hydrogens is 534 g/mol. The molecule has 10 nitrogen and oxygen atoms in total. The van der Waals surface area contributed by atoms with Crippen LogP contribution in [0.25, 0.3) is 0 Å². The first-order chi connectivity index (χ1) is 20.2. The SMILES string of the molecule is C=CCOc1ccc(Nc2cnc(OCCN(C)CCOCC(C)(C)c3cccc4c3CCN(C(=O)O)C4)nc2)cc1. The molecule has 0 saturated heterocycles. The maximum absolute atomic E-state index is 11.4. The smallest absolute Gasteiger partial charge is 0.407 e. The number of hydrogen-bond donors (Lipinski definition) is 2. The Balaban J connectivity index is 1.14. The van der Waals surface area contributed by atoms with Crippen LogP contribution in [0.4, 0.5) is 16.2 Å². The van der Waals surface area contributed by atoms with E-state index in [9.17, 15) is 9.90 Å². The van der Waals surface area contributed by atoms with E-state index < -0.39 is 6.09 Å². The second-order valence-electron chi connectivity index (χ2n) is 11.0. The van der Waals surface area contributed by atoms with Crippen LogP contribution < -0.4 is 14.8 Å². The highest BCUT2D eigenvalue weighted by atomic mass is 16.5. The van der Waals surface area contributed by atoms with Crippen molar-refractivity contribution in [3.05, 3.63) is 84.2 Å². The summed E-state index contributed by atoms with van der Waals surface area (Å²) in [7, 11) is 2.03. The van der Waals surface area contributed by atoms with Crippen LogP contribution in [-0.4, -0.2) is 84.1 Å². The van der Waals surface area contributed by atoms with Gasteiger partial charge in [0, 0.05) is 37.3 Å². The summed E-state index contributed by atoms with van der Waals surface area (Å²) in [6, 6.07) is 14.1. The van der Waals surface area contributed by atoms with Gasteiger partial charge in [-0.1, -0.05) is 44.7 Å². The average molecular weight is 576 g/mol. The van der Waals surface area contributed by atoms with Crippen molar-refractivity contribution in [2.75, 3.05) is 58.4 Å². The van der Waals surface area contributed by atoms with Crippen LogP contribution in [-0.2, 0) is 23.1 Å². The molecule has 1 aliphatic heterocycles. The van der Waals surface area contributed by atoms with E-state index in [1.807, 2.05) is 43.4 Å². The van der Waals surface area contributed by atoms with Gasteiger partial charge in [-0.15, -0.1) is 0 Å². The molecule has 42 heavy (non-hydrogen) atoms. The normalized spacial score (nSPS) is 13.0. The van der Waals surface area contributed by atoms with E-state index in [1.54, 1.807) is 18.5 Å². The number of anilines is 2. The summed E-state index contributed by atoms with van der Waals surface area (Å²) in [4.78, 5) is 23.6. The highest BCUT2D eigenvalue weighted by molar-refractivity contribution is 5.66. The number of hydrogen-bond acceptors (Lipinski definition) is 8. The molecule has 10 heteroatoms. The topological polar surface area (TPSA) is 109 Å². The second kappa shape index (κ2) is 14.7. The maximum Gasteiger partial charge on any atom is 0.407 e. The number of nitrogens with zero attached hydrogens (tertiary/aromatic N) is 4. The van der Waals surface area contributed by atoms with E-state index in [0.717, 1.165) is 35.7 Å². The summed E-state index contributed by atoms with van der Waals surface area (Å²) in [5.74, 6) is 0.781. The van der Waals surface area contributed by atoms with Gasteiger partial charge in [0.2, 0.25) is 0 Å². The van der Waals surface area contributed by atoms with Crippen LogP contribution in [0.1, 0.15) is 30.5 Å². The number of fused-ring (bicyclic) bond motifs is 1. The van der Waals surface area contributed by atoms with Gasteiger partial charge in [0.15, 0.2) is 0 Å². The van der Waals surface area contributed by atoms with Gasteiger partial charge in [0.1, 0.15) is 19.0 Å². The molecule has 0 radical (unpaired) electrons. The number of carbonyl (C=O) groups is 1. The van der Waals surface area contributed by atoms with Crippen LogP contribution in [0.2, 0.25) is 0 Å². The number of nitrogens with one attached hydrogen (secondary N) is 1. The highest BCUT2D eigenvalue weighted by Crippen LogP contribution is 2.32. The number of benzene rings is 2. The average Bonchev–Trinajstić information content (AvgIpc) is 2.99. The standard InChI is InChI=1S/C32H41N5O5/c1-5-17-41-27-11-9-25(10-12-27)35-26-20-33-30(34-21-26)42-19-16-36(4)15-18-40-23-32(2,3)29-8-6-7-24-22-37(31(38)39)14-13-28(24)29/h5-12,20-21,35H,1,13-19,22-23H2,2-4H3,(H,38,39). The Labute approximate surface area is 247 Å². The summed E-state index contributed by atoms with van der Waals surface area (Å²) in [6.07, 6.45) is 4.95. The number of aromatic nitrogens is 2. The van der Waals surface area contributed by atoms with Gasteiger partial charge in [-0.25, -0.2) is 14.8 Å². The summed E-state index contributed by atoms with van der Waals surface area (Å²) < 4.78 is 17.3. The van der Waals surface area contributed by atoms with E-state index in [4.69, 9.17) is 14.2 Å². The van der Waals surface area contributed by atoms with Crippen LogP contribution in [0.15, 0.2) is 67.5 Å². The van der Waals surface area contributed by atoms with E-state index in [2.05, 4.69) is 46.7 Å². The minimum Gasteiger partial charge on any atom is -0.490 e. The van der Waals surface area contributed by atoms with Crippen molar-refractivity contribution >= 4 is 17.5 Å². The minimum absolute atomic E-state index is 0.181. The van der Waals surface area contributed by atoms with E-state index >= 15 is 0 Å². The van der Waals surface area contributed by atoms with Crippen molar-refractivity contribution in [3.63, 3.8) is 0 Å². The lowest BCUT2D eigenvalue weighted by Crippen LogP contribution is -2.37. The van der Waals surface area contributed by atoms with Crippen LogP contribution in [0.5, 0.6) is 11.8 Å². The molecule has 0 saturated carbocycles. The van der Waals surface area contributed by atoms with Gasteiger partial charge < -0.3 is 34.4 Å². The fourth-order valence-electron chi connectivity index (χ4n) is 4.85. The van der Waals surface area contributed by atoms with Gasteiger partial charge in [-0.3, -0.25) is 0 Å². The molecule has 0 atom stereocenters. The fourth-order valence-corrected chi connectivity index (χ4v) is 4.85. The Hall–Kier alpha value is -4.15. The molecule has 0 spiro atoms. The lowest BCUT2D eigenvalue weighted by atomic mass is 9.79. The van der Waals surface area contributed by atoms with Gasteiger partial charge in [-0.05, 0) is 54.4 Å². The van der Waals surface area contributed by atoms with E-state index in [0.29, 0.717) is 52.1 Å². The first-order valence-corrected chi connectivity index (χ1v) is 14.2. The zero-order valence-corrected chi connectivity index (χ0v) is 24.7. The molecule has 2 aromatic carbocycles. The third-order valence-electron chi connectivity index (χ3n) is 7.19. The number of likely N-dealkylation sites (N-methyl/N-ethyl adjacent to an activating group) is 1. The quantitative estimate of drug-likeness (QED) is 0.188. The van der Waals surface area contributed by atoms with Crippen molar-refractivity contribution in [2.45, 2.75) is 32.2 Å². The van der Waals surface area contributed by atoms with Crippen molar-refractivity contribution in [1.82, 2.24) is 19.8 Å². The molecular formula is C32H41N5O5. The Bertz CT molecular complexity index is 1310. The number of rotatable bonds is 15. The predicted octanol–water partition coefficient (Wildman–Crippen LogP) is 5.13.